The van der Waals surface area contributed by atoms with Crippen LogP contribution < -0.4 is 0 Å². The molecule has 0 saturated carbocycles. The van der Waals surface area contributed by atoms with Gasteiger partial charge in [-0.25, -0.2) is 0 Å². The number of phenolic OH excluding ortho intramolecular Hbond substituents is 1. The van der Waals surface area contributed by atoms with Gasteiger partial charge in [0.15, 0.2) is 0 Å². The summed E-state index contributed by atoms with van der Waals surface area (Å²) in [5, 5.41) is 10.8. The third-order valence-corrected chi connectivity index (χ3v) is 4.84. The second-order valence-electron chi connectivity index (χ2n) is 9.41. The van der Waals surface area contributed by atoms with Crippen LogP contribution in [0.4, 0.5) is 0 Å². The zero-order chi connectivity index (χ0) is 20.1. The van der Waals surface area contributed by atoms with Crippen LogP contribution in [0.3, 0.4) is 0 Å². The minimum Gasteiger partial charge on any atom is -0.507 e. The Bertz CT molecular complexity index is 568. The fraction of sp³-hybridized carbons (Fsp3) is 0.696. The molecular weight excluding hydrogens is 324 g/mol. The summed E-state index contributed by atoms with van der Waals surface area (Å²) in [6.45, 7) is 17.0. The number of carbonyl (C=O) groups is 1. The highest BCUT2D eigenvalue weighted by Crippen LogP contribution is 2.41. The van der Waals surface area contributed by atoms with E-state index in [4.69, 9.17) is 4.74 Å². The molecule has 3 heteroatoms. The van der Waals surface area contributed by atoms with E-state index >= 15 is 0 Å². The third-order valence-electron chi connectivity index (χ3n) is 4.84. The topological polar surface area (TPSA) is 46.5 Å². The van der Waals surface area contributed by atoms with Crippen molar-refractivity contribution in [3.05, 3.63) is 28.8 Å². The summed E-state index contributed by atoms with van der Waals surface area (Å²) in [5.41, 5.74) is 2.26. The van der Waals surface area contributed by atoms with Crippen molar-refractivity contribution in [2.75, 3.05) is 6.61 Å². The number of carbonyl (C=O) groups excluding carboxylic acids is 1. The highest BCUT2D eigenvalue weighted by Gasteiger charge is 2.29. The monoisotopic (exact) mass is 362 g/mol. The molecule has 0 aliphatic rings. The van der Waals surface area contributed by atoms with Crippen molar-refractivity contribution in [3.8, 4) is 5.75 Å². The fourth-order valence-electron chi connectivity index (χ4n) is 3.01. The highest BCUT2D eigenvalue weighted by atomic mass is 16.5. The van der Waals surface area contributed by atoms with Crippen molar-refractivity contribution in [2.24, 2.45) is 0 Å². The van der Waals surface area contributed by atoms with Gasteiger partial charge in [-0.15, -0.1) is 0 Å². The smallest absolute Gasteiger partial charge is 0.313 e. The second-order valence-corrected chi connectivity index (χ2v) is 9.41. The minimum absolute atomic E-state index is 0.188. The van der Waals surface area contributed by atoms with E-state index in [9.17, 15) is 9.90 Å². The first-order valence-electron chi connectivity index (χ1n) is 9.94. The average molecular weight is 363 g/mol. The molecule has 1 N–H and O–H groups in total. The molecule has 1 aromatic rings. The van der Waals surface area contributed by atoms with Crippen molar-refractivity contribution in [3.63, 3.8) is 0 Å². The van der Waals surface area contributed by atoms with Gasteiger partial charge in [0.2, 0.25) is 0 Å². The van der Waals surface area contributed by atoms with Gasteiger partial charge in [-0.2, -0.15) is 0 Å². The molecular formula is C23H38O3. The van der Waals surface area contributed by atoms with Gasteiger partial charge in [0.05, 0.1) is 12.5 Å². The number of esters is 1. The first kappa shape index (κ1) is 22.5. The Hall–Kier alpha value is -1.51. The summed E-state index contributed by atoms with van der Waals surface area (Å²) in [4.78, 5) is 12.5. The van der Waals surface area contributed by atoms with E-state index in [0.717, 1.165) is 29.5 Å². The maximum Gasteiger partial charge on any atom is 0.313 e. The molecule has 148 valence electrons. The van der Waals surface area contributed by atoms with Gasteiger partial charge >= 0.3 is 5.97 Å². The van der Waals surface area contributed by atoms with Gasteiger partial charge in [0, 0.05) is 0 Å². The predicted octanol–water partition coefficient (Wildman–Crippen LogP) is 6.21. The van der Waals surface area contributed by atoms with Crippen LogP contribution in [0.1, 0.15) is 104 Å². The van der Waals surface area contributed by atoms with E-state index in [1.807, 2.05) is 19.1 Å². The summed E-state index contributed by atoms with van der Waals surface area (Å²) in [7, 11) is 0. The van der Waals surface area contributed by atoms with E-state index in [2.05, 4.69) is 48.5 Å². The number of phenols is 1. The van der Waals surface area contributed by atoms with Gasteiger partial charge in [0.1, 0.15) is 5.75 Å². The van der Waals surface area contributed by atoms with Crippen molar-refractivity contribution >= 4 is 5.97 Å². The Balaban J connectivity index is 3.09. The average Bonchev–Trinajstić information content (AvgIpc) is 2.51. The SMILES string of the molecule is CCCCCCOC(=O)C(C)c1cc(C(C)(C)C)c(O)c(C(C)(C)C)c1. The summed E-state index contributed by atoms with van der Waals surface area (Å²) < 4.78 is 5.48. The van der Waals surface area contributed by atoms with Crippen LogP contribution in [-0.4, -0.2) is 17.7 Å². The number of hydrogen-bond acceptors (Lipinski definition) is 3. The lowest BCUT2D eigenvalue weighted by Crippen LogP contribution is -2.20. The largest absolute Gasteiger partial charge is 0.507 e. The molecule has 1 rings (SSSR count). The van der Waals surface area contributed by atoms with Gasteiger partial charge in [0.25, 0.3) is 0 Å². The molecule has 0 amide bonds. The molecule has 26 heavy (non-hydrogen) atoms. The molecule has 0 spiro atoms. The van der Waals surface area contributed by atoms with Gasteiger partial charge in [-0.3, -0.25) is 4.79 Å². The van der Waals surface area contributed by atoms with E-state index in [1.54, 1.807) is 0 Å². The van der Waals surface area contributed by atoms with Crippen LogP contribution >= 0.6 is 0 Å². The van der Waals surface area contributed by atoms with Crippen LogP contribution in [0.5, 0.6) is 5.75 Å². The zero-order valence-electron chi connectivity index (χ0n) is 18.0. The Morgan fingerprint density at radius 1 is 1.00 bits per heavy atom. The first-order valence-corrected chi connectivity index (χ1v) is 9.94. The van der Waals surface area contributed by atoms with E-state index in [0.29, 0.717) is 12.4 Å². The quantitative estimate of drug-likeness (QED) is 0.463. The van der Waals surface area contributed by atoms with E-state index in [1.165, 1.54) is 12.8 Å². The molecule has 0 aromatic heterocycles. The molecule has 1 atom stereocenters. The van der Waals surface area contributed by atoms with Crippen LogP contribution in [0.15, 0.2) is 12.1 Å². The predicted molar refractivity (Wildman–Crippen MR) is 109 cm³/mol. The van der Waals surface area contributed by atoms with Gasteiger partial charge in [-0.1, -0.05) is 79.9 Å². The van der Waals surface area contributed by atoms with Crippen molar-refractivity contribution in [2.45, 2.75) is 97.8 Å². The molecule has 3 nitrogen and oxygen atoms in total. The molecule has 0 fully saturated rings. The lowest BCUT2D eigenvalue weighted by molar-refractivity contribution is -0.145. The molecule has 0 radical (unpaired) electrons. The summed E-state index contributed by atoms with van der Waals surface area (Å²) in [5.74, 6) is -0.190. The summed E-state index contributed by atoms with van der Waals surface area (Å²) in [6.07, 6.45) is 4.36. The lowest BCUT2D eigenvalue weighted by Gasteiger charge is -2.29. The number of ether oxygens (including phenoxy) is 1. The Morgan fingerprint density at radius 3 is 1.92 bits per heavy atom. The van der Waals surface area contributed by atoms with E-state index < -0.39 is 0 Å². The summed E-state index contributed by atoms with van der Waals surface area (Å²) >= 11 is 0. The third kappa shape index (κ3) is 6.03. The number of aromatic hydroxyl groups is 1. The summed E-state index contributed by atoms with van der Waals surface area (Å²) in [6, 6.07) is 3.93. The van der Waals surface area contributed by atoms with Gasteiger partial charge < -0.3 is 9.84 Å². The number of unbranched alkanes of at least 4 members (excludes halogenated alkanes) is 3. The molecule has 0 heterocycles. The number of rotatable bonds is 7. The molecule has 1 unspecified atom stereocenters. The molecule has 0 aliphatic heterocycles. The normalized spacial score (nSPS) is 13.5. The number of benzene rings is 1. The molecule has 0 saturated heterocycles. The highest BCUT2D eigenvalue weighted by molar-refractivity contribution is 5.78. The zero-order valence-corrected chi connectivity index (χ0v) is 18.0. The van der Waals surface area contributed by atoms with Gasteiger partial charge in [-0.05, 0) is 40.9 Å². The maximum atomic E-state index is 12.5. The molecule has 0 bridgehead atoms. The minimum atomic E-state index is -0.344. The first-order chi connectivity index (χ1) is 11.9. The number of hydrogen-bond donors (Lipinski definition) is 1. The Kier molecular flexibility index (Phi) is 7.73. The molecule has 1 aromatic carbocycles. The molecule has 0 aliphatic carbocycles. The second kappa shape index (κ2) is 8.92. The maximum absolute atomic E-state index is 12.5. The van der Waals surface area contributed by atoms with Crippen LogP contribution in [0, 0.1) is 0 Å². The van der Waals surface area contributed by atoms with Crippen LogP contribution in [0.2, 0.25) is 0 Å². The Morgan fingerprint density at radius 2 is 1.50 bits per heavy atom. The van der Waals surface area contributed by atoms with Crippen LogP contribution in [-0.2, 0) is 20.4 Å². The fourth-order valence-corrected chi connectivity index (χ4v) is 3.01. The van der Waals surface area contributed by atoms with E-state index in [-0.39, 0.29) is 22.7 Å². The standard InChI is InChI=1S/C23H38O3/c1-9-10-11-12-13-26-21(25)16(2)17-14-18(22(3,4)5)20(24)19(15-17)23(6,7)8/h14-16,24H,9-13H2,1-8H3. The lowest BCUT2D eigenvalue weighted by atomic mass is 9.77. The van der Waals surface area contributed by atoms with Crippen molar-refractivity contribution in [1.82, 2.24) is 0 Å². The van der Waals surface area contributed by atoms with Crippen molar-refractivity contribution < 1.29 is 14.6 Å². The van der Waals surface area contributed by atoms with Crippen LogP contribution in [0.25, 0.3) is 0 Å². The van der Waals surface area contributed by atoms with Crippen molar-refractivity contribution in [1.29, 1.82) is 0 Å². The Labute approximate surface area is 160 Å².